The summed E-state index contributed by atoms with van der Waals surface area (Å²) in [5.41, 5.74) is 0. The lowest BCUT2D eigenvalue weighted by atomic mass is 10.3. The van der Waals surface area contributed by atoms with Crippen LogP contribution in [0.15, 0.2) is 6.07 Å². The van der Waals surface area contributed by atoms with Gasteiger partial charge in [0.2, 0.25) is 5.82 Å². The average molecular weight is 250 g/mol. The van der Waals surface area contributed by atoms with Gasteiger partial charge in [-0.05, 0) is 6.92 Å². The predicted molar refractivity (Wildman–Crippen MR) is 56.8 cm³/mol. The average Bonchev–Trinajstić information content (AvgIpc) is 2.27. The van der Waals surface area contributed by atoms with E-state index in [0.29, 0.717) is 0 Å². The number of alkyl halides is 3. The molecule has 1 aromatic heterocycles. The number of hydrogen-bond donors (Lipinski definition) is 3. The van der Waals surface area contributed by atoms with Gasteiger partial charge in [-0.1, -0.05) is 0 Å². The van der Waals surface area contributed by atoms with Gasteiger partial charge in [-0.2, -0.15) is 13.2 Å². The fourth-order valence-electron chi connectivity index (χ4n) is 1.07. The molecule has 0 aliphatic heterocycles. The van der Waals surface area contributed by atoms with Crippen LogP contribution in [0.2, 0.25) is 0 Å². The maximum absolute atomic E-state index is 12.5. The SMILES string of the molecule is CNc1cc(NC(C)CO)nc(C(F)(F)F)n1. The Kier molecular flexibility index (Phi) is 4.11. The second kappa shape index (κ2) is 5.17. The van der Waals surface area contributed by atoms with Crippen molar-refractivity contribution in [2.24, 2.45) is 0 Å². The summed E-state index contributed by atoms with van der Waals surface area (Å²) in [4.78, 5) is 6.65. The zero-order chi connectivity index (χ0) is 13.1. The quantitative estimate of drug-likeness (QED) is 0.752. The minimum atomic E-state index is -4.61. The van der Waals surface area contributed by atoms with E-state index in [4.69, 9.17) is 5.11 Å². The van der Waals surface area contributed by atoms with Crippen molar-refractivity contribution in [3.05, 3.63) is 11.9 Å². The van der Waals surface area contributed by atoms with Crippen molar-refractivity contribution >= 4 is 11.6 Å². The van der Waals surface area contributed by atoms with Crippen molar-refractivity contribution in [1.82, 2.24) is 9.97 Å². The molecule has 5 nitrogen and oxygen atoms in total. The Morgan fingerprint density at radius 1 is 1.35 bits per heavy atom. The van der Waals surface area contributed by atoms with Crippen molar-refractivity contribution < 1.29 is 18.3 Å². The number of hydrogen-bond acceptors (Lipinski definition) is 5. The number of nitrogens with zero attached hydrogens (tertiary/aromatic N) is 2. The van der Waals surface area contributed by atoms with Crippen molar-refractivity contribution in [2.45, 2.75) is 19.1 Å². The molecule has 8 heteroatoms. The Bertz CT molecular complexity index is 383. The highest BCUT2D eigenvalue weighted by molar-refractivity contribution is 5.47. The van der Waals surface area contributed by atoms with Crippen LogP contribution in [-0.2, 0) is 6.18 Å². The molecule has 0 radical (unpaired) electrons. The highest BCUT2D eigenvalue weighted by Crippen LogP contribution is 2.28. The smallest absolute Gasteiger partial charge is 0.394 e. The predicted octanol–water partition coefficient (Wildman–Crippen LogP) is 1.33. The van der Waals surface area contributed by atoms with Crippen LogP contribution in [0.4, 0.5) is 24.8 Å². The third-order valence-corrected chi connectivity index (χ3v) is 1.90. The summed E-state index contributed by atoms with van der Waals surface area (Å²) in [7, 11) is 1.46. The summed E-state index contributed by atoms with van der Waals surface area (Å²) >= 11 is 0. The molecule has 0 saturated heterocycles. The molecular formula is C9H13F3N4O. The van der Waals surface area contributed by atoms with E-state index in [1.54, 1.807) is 6.92 Å². The normalized spacial score (nSPS) is 13.3. The van der Waals surface area contributed by atoms with E-state index in [1.807, 2.05) is 0 Å². The van der Waals surface area contributed by atoms with E-state index in [-0.39, 0.29) is 18.2 Å². The van der Waals surface area contributed by atoms with Crippen LogP contribution in [0.25, 0.3) is 0 Å². The summed E-state index contributed by atoms with van der Waals surface area (Å²) in [5, 5.41) is 14.0. The van der Waals surface area contributed by atoms with Crippen LogP contribution in [0, 0.1) is 0 Å². The van der Waals surface area contributed by atoms with Crippen LogP contribution in [0.3, 0.4) is 0 Å². The summed E-state index contributed by atoms with van der Waals surface area (Å²) in [6.07, 6.45) is -4.61. The standard InChI is InChI=1S/C9H13F3N4O/c1-5(4-17)14-7-3-6(13-2)15-8(16-7)9(10,11)12/h3,5,17H,4H2,1-2H3,(H2,13,14,15,16). The van der Waals surface area contributed by atoms with Gasteiger partial charge in [-0.25, -0.2) is 9.97 Å². The molecule has 0 amide bonds. The maximum atomic E-state index is 12.5. The third kappa shape index (κ3) is 3.74. The Morgan fingerprint density at radius 2 is 1.94 bits per heavy atom. The van der Waals surface area contributed by atoms with E-state index in [2.05, 4.69) is 20.6 Å². The van der Waals surface area contributed by atoms with Crippen LogP contribution in [0.5, 0.6) is 0 Å². The van der Waals surface area contributed by atoms with E-state index >= 15 is 0 Å². The Balaban J connectivity index is 3.05. The second-order valence-electron chi connectivity index (χ2n) is 3.44. The number of aliphatic hydroxyl groups is 1. The fraction of sp³-hybridized carbons (Fsp3) is 0.556. The van der Waals surface area contributed by atoms with Gasteiger partial charge in [-0.3, -0.25) is 0 Å². The first kappa shape index (κ1) is 13.5. The van der Waals surface area contributed by atoms with E-state index in [1.165, 1.54) is 13.1 Å². The topological polar surface area (TPSA) is 70.1 Å². The van der Waals surface area contributed by atoms with Crippen molar-refractivity contribution in [1.29, 1.82) is 0 Å². The lowest BCUT2D eigenvalue weighted by Crippen LogP contribution is -2.22. The third-order valence-electron chi connectivity index (χ3n) is 1.90. The van der Waals surface area contributed by atoms with E-state index in [9.17, 15) is 13.2 Å². The van der Waals surface area contributed by atoms with Crippen LogP contribution < -0.4 is 10.6 Å². The van der Waals surface area contributed by atoms with Crippen LogP contribution in [0.1, 0.15) is 12.7 Å². The van der Waals surface area contributed by atoms with Gasteiger partial charge in [0.05, 0.1) is 6.61 Å². The first-order valence-electron chi connectivity index (χ1n) is 4.88. The highest BCUT2D eigenvalue weighted by atomic mass is 19.4. The molecule has 1 heterocycles. The molecule has 0 aliphatic carbocycles. The van der Waals surface area contributed by atoms with Gasteiger partial charge in [-0.15, -0.1) is 0 Å². The first-order valence-corrected chi connectivity index (χ1v) is 4.88. The zero-order valence-corrected chi connectivity index (χ0v) is 9.34. The number of nitrogens with one attached hydrogen (secondary N) is 2. The van der Waals surface area contributed by atoms with Gasteiger partial charge in [0.25, 0.3) is 0 Å². The lowest BCUT2D eigenvalue weighted by Gasteiger charge is -2.14. The number of rotatable bonds is 4. The molecule has 0 saturated carbocycles. The summed E-state index contributed by atoms with van der Waals surface area (Å²) in [6.45, 7) is 1.41. The van der Waals surface area contributed by atoms with Gasteiger partial charge in [0.1, 0.15) is 11.6 Å². The molecule has 1 aromatic rings. The summed E-state index contributed by atoms with van der Waals surface area (Å²) in [5.74, 6) is -1.16. The molecule has 1 rings (SSSR count). The fourth-order valence-corrected chi connectivity index (χ4v) is 1.07. The van der Waals surface area contributed by atoms with Crippen molar-refractivity contribution in [2.75, 3.05) is 24.3 Å². The Labute approximate surface area is 96.1 Å². The number of halogens is 3. The number of aliphatic hydroxyl groups excluding tert-OH is 1. The molecule has 0 aromatic carbocycles. The Morgan fingerprint density at radius 3 is 2.41 bits per heavy atom. The molecule has 0 spiro atoms. The molecule has 17 heavy (non-hydrogen) atoms. The molecule has 1 atom stereocenters. The summed E-state index contributed by atoms with van der Waals surface area (Å²) in [6, 6.07) is 0.942. The largest absolute Gasteiger partial charge is 0.451 e. The highest BCUT2D eigenvalue weighted by Gasteiger charge is 2.35. The van der Waals surface area contributed by atoms with Gasteiger partial charge >= 0.3 is 6.18 Å². The lowest BCUT2D eigenvalue weighted by molar-refractivity contribution is -0.144. The molecule has 0 fully saturated rings. The molecular weight excluding hydrogens is 237 g/mol. The second-order valence-corrected chi connectivity index (χ2v) is 3.44. The molecule has 3 N–H and O–H groups in total. The Hall–Kier alpha value is -1.57. The number of aromatic nitrogens is 2. The molecule has 0 aliphatic rings. The van der Waals surface area contributed by atoms with Crippen LogP contribution in [-0.4, -0.2) is 34.8 Å². The van der Waals surface area contributed by atoms with Gasteiger partial charge in [0.15, 0.2) is 0 Å². The summed E-state index contributed by atoms with van der Waals surface area (Å²) < 4.78 is 37.4. The molecule has 0 bridgehead atoms. The minimum Gasteiger partial charge on any atom is -0.394 e. The minimum absolute atomic E-state index is 0.0122. The van der Waals surface area contributed by atoms with E-state index in [0.717, 1.165) is 0 Å². The zero-order valence-electron chi connectivity index (χ0n) is 9.34. The molecule has 96 valence electrons. The van der Waals surface area contributed by atoms with Crippen molar-refractivity contribution in [3.63, 3.8) is 0 Å². The van der Waals surface area contributed by atoms with Crippen molar-refractivity contribution in [3.8, 4) is 0 Å². The molecule has 1 unspecified atom stereocenters. The van der Waals surface area contributed by atoms with E-state index < -0.39 is 18.0 Å². The van der Waals surface area contributed by atoms with Gasteiger partial charge in [0, 0.05) is 19.2 Å². The monoisotopic (exact) mass is 250 g/mol. The maximum Gasteiger partial charge on any atom is 0.451 e. The number of anilines is 2. The van der Waals surface area contributed by atoms with Gasteiger partial charge < -0.3 is 15.7 Å². The first-order chi connectivity index (χ1) is 7.86. The van der Waals surface area contributed by atoms with Crippen LogP contribution >= 0.6 is 0 Å².